The number of likely N-dealkylation sites (N-methyl/N-ethyl adjacent to an activating group) is 1. The van der Waals surface area contributed by atoms with Gasteiger partial charge in [-0.05, 0) is 55.8 Å². The Morgan fingerprint density at radius 2 is 1.85 bits per heavy atom. The summed E-state index contributed by atoms with van der Waals surface area (Å²) < 4.78 is 0. The minimum Gasteiger partial charge on any atom is -0.309 e. The van der Waals surface area contributed by atoms with Crippen molar-refractivity contribution in [3.05, 3.63) is 78.2 Å². The van der Waals surface area contributed by atoms with E-state index in [1.807, 2.05) is 54.6 Å². The first-order valence-electron chi connectivity index (χ1n) is 8.63. The molecule has 2 aromatic heterocycles. The van der Waals surface area contributed by atoms with E-state index in [1.165, 1.54) is 0 Å². The molecule has 1 amide bonds. The standard InChI is InChI=1S/C22H20N4O/c1-16(23-2)22(27)26-21-14-19(18-9-6-12-24-15-18)13-20(25-21)11-10-17-7-4-3-5-8-17/h3-9,12-16,23H,1-2H3,(H,25,26,27). The summed E-state index contributed by atoms with van der Waals surface area (Å²) in [6, 6.07) is 16.9. The fourth-order valence-electron chi connectivity index (χ4n) is 2.38. The van der Waals surface area contributed by atoms with Crippen LogP contribution in [0.15, 0.2) is 67.0 Å². The second-order valence-electron chi connectivity index (χ2n) is 5.98. The molecule has 0 fully saturated rings. The van der Waals surface area contributed by atoms with Crippen LogP contribution in [0, 0.1) is 11.8 Å². The van der Waals surface area contributed by atoms with E-state index in [1.54, 1.807) is 26.4 Å². The number of benzene rings is 1. The molecule has 0 aliphatic heterocycles. The summed E-state index contributed by atoms with van der Waals surface area (Å²) in [5.41, 5.74) is 3.30. The number of carbonyl (C=O) groups is 1. The van der Waals surface area contributed by atoms with Crippen LogP contribution in [0.4, 0.5) is 5.82 Å². The summed E-state index contributed by atoms with van der Waals surface area (Å²) in [5.74, 6) is 6.48. The molecule has 27 heavy (non-hydrogen) atoms. The van der Waals surface area contributed by atoms with Gasteiger partial charge in [0, 0.05) is 23.5 Å². The van der Waals surface area contributed by atoms with Crippen molar-refractivity contribution >= 4 is 11.7 Å². The van der Waals surface area contributed by atoms with Crippen molar-refractivity contribution in [1.82, 2.24) is 15.3 Å². The van der Waals surface area contributed by atoms with Gasteiger partial charge in [0.05, 0.1) is 6.04 Å². The molecule has 0 bridgehead atoms. The number of aromatic nitrogens is 2. The Kier molecular flexibility index (Phi) is 5.93. The zero-order valence-corrected chi connectivity index (χ0v) is 15.2. The first kappa shape index (κ1) is 18.3. The quantitative estimate of drug-likeness (QED) is 0.705. The molecule has 0 spiro atoms. The number of anilines is 1. The summed E-state index contributed by atoms with van der Waals surface area (Å²) >= 11 is 0. The van der Waals surface area contributed by atoms with Crippen molar-refractivity contribution in [2.24, 2.45) is 0 Å². The molecule has 3 aromatic rings. The van der Waals surface area contributed by atoms with Gasteiger partial charge in [-0.1, -0.05) is 30.2 Å². The molecule has 1 unspecified atom stereocenters. The molecule has 134 valence electrons. The van der Waals surface area contributed by atoms with Crippen molar-refractivity contribution in [3.63, 3.8) is 0 Å². The van der Waals surface area contributed by atoms with Gasteiger partial charge in [0.2, 0.25) is 5.91 Å². The molecule has 5 heteroatoms. The van der Waals surface area contributed by atoms with Gasteiger partial charge >= 0.3 is 0 Å². The minimum absolute atomic E-state index is 0.157. The SMILES string of the molecule is CNC(C)C(=O)Nc1cc(-c2cccnc2)cc(C#Cc2ccccc2)n1. The summed E-state index contributed by atoms with van der Waals surface area (Å²) in [5, 5.41) is 5.76. The lowest BCUT2D eigenvalue weighted by Crippen LogP contribution is -2.35. The molecule has 0 aliphatic carbocycles. The van der Waals surface area contributed by atoms with Gasteiger partial charge in [-0.2, -0.15) is 0 Å². The van der Waals surface area contributed by atoms with E-state index in [9.17, 15) is 4.79 Å². The monoisotopic (exact) mass is 356 g/mol. The minimum atomic E-state index is -0.326. The van der Waals surface area contributed by atoms with Gasteiger partial charge in [0.25, 0.3) is 0 Å². The largest absolute Gasteiger partial charge is 0.309 e. The molecular weight excluding hydrogens is 336 g/mol. The predicted molar refractivity (Wildman–Crippen MR) is 107 cm³/mol. The Hall–Kier alpha value is -3.49. The van der Waals surface area contributed by atoms with Gasteiger partial charge < -0.3 is 10.6 Å². The molecule has 0 radical (unpaired) electrons. The van der Waals surface area contributed by atoms with E-state index in [-0.39, 0.29) is 11.9 Å². The van der Waals surface area contributed by atoms with Crippen molar-refractivity contribution in [3.8, 4) is 23.0 Å². The average molecular weight is 356 g/mol. The van der Waals surface area contributed by atoms with Gasteiger partial charge in [0.1, 0.15) is 11.5 Å². The number of carbonyl (C=O) groups excluding carboxylic acids is 1. The summed E-state index contributed by atoms with van der Waals surface area (Å²) in [6.45, 7) is 1.79. The van der Waals surface area contributed by atoms with Crippen LogP contribution in [0.25, 0.3) is 11.1 Å². The van der Waals surface area contributed by atoms with Gasteiger partial charge in [-0.15, -0.1) is 0 Å². The zero-order valence-electron chi connectivity index (χ0n) is 15.2. The molecule has 0 aliphatic rings. The lowest BCUT2D eigenvalue weighted by atomic mass is 10.1. The number of hydrogen-bond donors (Lipinski definition) is 2. The van der Waals surface area contributed by atoms with Gasteiger partial charge in [-0.25, -0.2) is 4.98 Å². The molecule has 2 N–H and O–H groups in total. The highest BCUT2D eigenvalue weighted by Gasteiger charge is 2.12. The number of pyridine rings is 2. The normalized spacial score (nSPS) is 11.2. The maximum absolute atomic E-state index is 12.2. The van der Waals surface area contributed by atoms with Crippen LogP contribution in [0.3, 0.4) is 0 Å². The Bertz CT molecular complexity index is 975. The maximum Gasteiger partial charge on any atom is 0.242 e. The fourth-order valence-corrected chi connectivity index (χ4v) is 2.38. The lowest BCUT2D eigenvalue weighted by Gasteiger charge is -2.12. The van der Waals surface area contributed by atoms with Crippen molar-refractivity contribution in [1.29, 1.82) is 0 Å². The second kappa shape index (κ2) is 8.75. The van der Waals surface area contributed by atoms with E-state index in [0.29, 0.717) is 11.5 Å². The molecule has 5 nitrogen and oxygen atoms in total. The van der Waals surface area contributed by atoms with Crippen LogP contribution >= 0.6 is 0 Å². The number of nitrogens with zero attached hydrogens (tertiary/aromatic N) is 2. The summed E-state index contributed by atoms with van der Waals surface area (Å²) in [6.07, 6.45) is 3.49. The van der Waals surface area contributed by atoms with Crippen molar-refractivity contribution in [2.45, 2.75) is 13.0 Å². The maximum atomic E-state index is 12.2. The van der Waals surface area contributed by atoms with Crippen LogP contribution < -0.4 is 10.6 Å². The van der Waals surface area contributed by atoms with Crippen molar-refractivity contribution < 1.29 is 4.79 Å². The zero-order chi connectivity index (χ0) is 19.1. The van der Waals surface area contributed by atoms with Crippen LogP contribution in [0.1, 0.15) is 18.2 Å². The first-order chi connectivity index (χ1) is 13.2. The van der Waals surface area contributed by atoms with E-state index in [2.05, 4.69) is 32.4 Å². The molecule has 0 saturated heterocycles. The third-order valence-corrected chi connectivity index (χ3v) is 4.01. The molecule has 0 saturated carbocycles. The van der Waals surface area contributed by atoms with Crippen LogP contribution in [0.2, 0.25) is 0 Å². The topological polar surface area (TPSA) is 66.9 Å². The Labute approximate surface area is 158 Å². The van der Waals surface area contributed by atoms with E-state index in [0.717, 1.165) is 16.7 Å². The predicted octanol–water partition coefficient (Wildman–Crippen LogP) is 3.09. The fraction of sp³-hybridized carbons (Fsp3) is 0.136. The second-order valence-corrected chi connectivity index (χ2v) is 5.98. The third kappa shape index (κ3) is 5.00. The highest BCUT2D eigenvalue weighted by atomic mass is 16.2. The highest BCUT2D eigenvalue weighted by Crippen LogP contribution is 2.22. The number of amides is 1. The van der Waals surface area contributed by atoms with Gasteiger partial charge in [0.15, 0.2) is 0 Å². The Morgan fingerprint density at radius 3 is 2.56 bits per heavy atom. The molecular formula is C22H20N4O. The van der Waals surface area contributed by atoms with Crippen LogP contribution in [-0.2, 0) is 4.79 Å². The van der Waals surface area contributed by atoms with Crippen LogP contribution in [-0.4, -0.2) is 29.0 Å². The molecule has 2 heterocycles. The highest BCUT2D eigenvalue weighted by molar-refractivity contribution is 5.94. The van der Waals surface area contributed by atoms with Crippen LogP contribution in [0.5, 0.6) is 0 Å². The van der Waals surface area contributed by atoms with E-state index < -0.39 is 0 Å². The summed E-state index contributed by atoms with van der Waals surface area (Å²) in [4.78, 5) is 20.9. The van der Waals surface area contributed by atoms with Crippen molar-refractivity contribution in [2.75, 3.05) is 12.4 Å². The van der Waals surface area contributed by atoms with E-state index >= 15 is 0 Å². The Balaban J connectivity index is 1.98. The molecule has 3 rings (SSSR count). The summed E-state index contributed by atoms with van der Waals surface area (Å²) in [7, 11) is 1.74. The third-order valence-electron chi connectivity index (χ3n) is 4.01. The number of nitrogens with one attached hydrogen (secondary N) is 2. The molecule has 1 aromatic carbocycles. The first-order valence-corrected chi connectivity index (χ1v) is 8.63. The molecule has 1 atom stereocenters. The number of rotatable bonds is 4. The smallest absolute Gasteiger partial charge is 0.242 e. The average Bonchev–Trinajstić information content (AvgIpc) is 2.73. The lowest BCUT2D eigenvalue weighted by molar-refractivity contribution is -0.117. The Morgan fingerprint density at radius 1 is 1.04 bits per heavy atom. The number of hydrogen-bond acceptors (Lipinski definition) is 4. The van der Waals surface area contributed by atoms with E-state index in [4.69, 9.17) is 0 Å². The van der Waals surface area contributed by atoms with Gasteiger partial charge in [-0.3, -0.25) is 9.78 Å².